The van der Waals surface area contributed by atoms with Crippen molar-refractivity contribution in [3.63, 3.8) is 0 Å². The molecular weight excluding hydrogens is 398 g/mol. The van der Waals surface area contributed by atoms with Gasteiger partial charge >= 0.3 is 11.7 Å². The standard InChI is InChI=1S/C23H25N3O5/c1-23(2,3)25-19(27)15-9-11-16(12-10-15)21(29)31-14-6-13-26-20(28)17-7-4-5-8-18(17)24-22(26)30/h4-5,7-12H,6,13-14H2,1-3H3,(H,24,30)(H,25,27). The van der Waals surface area contributed by atoms with Crippen LogP contribution in [0, 0.1) is 0 Å². The summed E-state index contributed by atoms with van der Waals surface area (Å²) in [5.41, 5.74) is 0.00631. The van der Waals surface area contributed by atoms with Gasteiger partial charge in [-0.05, 0) is 63.6 Å². The van der Waals surface area contributed by atoms with Crippen molar-refractivity contribution < 1.29 is 14.3 Å². The minimum atomic E-state index is -0.539. The Labute approximate surface area is 178 Å². The molecule has 0 aliphatic heterocycles. The Morgan fingerprint density at radius 2 is 1.65 bits per heavy atom. The van der Waals surface area contributed by atoms with E-state index >= 15 is 0 Å². The van der Waals surface area contributed by atoms with Crippen molar-refractivity contribution in [3.8, 4) is 0 Å². The molecule has 0 radical (unpaired) electrons. The van der Waals surface area contributed by atoms with Crippen molar-refractivity contribution in [2.75, 3.05) is 6.61 Å². The van der Waals surface area contributed by atoms with Crippen LogP contribution in [0.15, 0.2) is 58.1 Å². The lowest BCUT2D eigenvalue weighted by Crippen LogP contribution is -2.40. The molecule has 2 aromatic carbocycles. The van der Waals surface area contributed by atoms with E-state index in [0.29, 0.717) is 28.5 Å². The average Bonchev–Trinajstić information content (AvgIpc) is 2.71. The zero-order valence-corrected chi connectivity index (χ0v) is 17.7. The molecule has 8 heteroatoms. The van der Waals surface area contributed by atoms with Crippen LogP contribution in [-0.4, -0.2) is 33.6 Å². The summed E-state index contributed by atoms with van der Waals surface area (Å²) in [6.45, 7) is 5.82. The quantitative estimate of drug-likeness (QED) is 0.467. The zero-order valence-electron chi connectivity index (χ0n) is 17.7. The molecule has 3 rings (SSSR count). The van der Waals surface area contributed by atoms with Crippen molar-refractivity contribution in [2.45, 2.75) is 39.3 Å². The van der Waals surface area contributed by atoms with Gasteiger partial charge in [0.05, 0.1) is 23.1 Å². The van der Waals surface area contributed by atoms with Gasteiger partial charge < -0.3 is 15.0 Å². The lowest BCUT2D eigenvalue weighted by atomic mass is 10.1. The highest BCUT2D eigenvalue weighted by Gasteiger charge is 2.16. The van der Waals surface area contributed by atoms with E-state index in [9.17, 15) is 19.2 Å². The monoisotopic (exact) mass is 423 g/mol. The summed E-state index contributed by atoms with van der Waals surface area (Å²) in [5.74, 6) is -0.763. The molecule has 0 aliphatic carbocycles. The summed E-state index contributed by atoms with van der Waals surface area (Å²) in [6, 6.07) is 13.0. The maximum absolute atomic E-state index is 12.5. The molecule has 1 heterocycles. The topological polar surface area (TPSA) is 110 Å². The highest BCUT2D eigenvalue weighted by atomic mass is 16.5. The Morgan fingerprint density at radius 1 is 1.00 bits per heavy atom. The molecule has 0 fully saturated rings. The first-order chi connectivity index (χ1) is 14.7. The molecule has 1 amide bonds. The first kappa shape index (κ1) is 22.0. The third-order valence-corrected chi connectivity index (χ3v) is 4.52. The summed E-state index contributed by atoms with van der Waals surface area (Å²) in [7, 11) is 0. The van der Waals surface area contributed by atoms with E-state index in [1.165, 1.54) is 12.1 Å². The molecule has 0 saturated carbocycles. The lowest BCUT2D eigenvalue weighted by molar-refractivity contribution is 0.0495. The Balaban J connectivity index is 1.56. The maximum atomic E-state index is 12.5. The van der Waals surface area contributed by atoms with Crippen LogP contribution in [-0.2, 0) is 11.3 Å². The number of rotatable bonds is 6. The van der Waals surface area contributed by atoms with Gasteiger partial charge in [0, 0.05) is 17.6 Å². The minimum Gasteiger partial charge on any atom is -0.462 e. The number of para-hydroxylation sites is 1. The number of carbonyl (C=O) groups excluding carboxylic acids is 2. The van der Waals surface area contributed by atoms with Gasteiger partial charge in [0.15, 0.2) is 0 Å². The van der Waals surface area contributed by atoms with Crippen LogP contribution >= 0.6 is 0 Å². The number of H-pyrrole nitrogens is 1. The van der Waals surface area contributed by atoms with Gasteiger partial charge in [0.2, 0.25) is 0 Å². The van der Waals surface area contributed by atoms with Gasteiger partial charge in [0.25, 0.3) is 11.5 Å². The van der Waals surface area contributed by atoms with Crippen LogP contribution in [0.25, 0.3) is 10.9 Å². The van der Waals surface area contributed by atoms with Crippen LogP contribution in [0.3, 0.4) is 0 Å². The van der Waals surface area contributed by atoms with Crippen molar-refractivity contribution in [1.29, 1.82) is 0 Å². The normalized spacial score (nSPS) is 11.3. The summed E-state index contributed by atoms with van der Waals surface area (Å²) in [4.78, 5) is 51.6. The van der Waals surface area contributed by atoms with Gasteiger partial charge in [-0.15, -0.1) is 0 Å². The zero-order chi connectivity index (χ0) is 22.6. The summed E-state index contributed by atoms with van der Waals surface area (Å²) >= 11 is 0. The Hall–Kier alpha value is -3.68. The fraction of sp³-hybridized carbons (Fsp3) is 0.304. The first-order valence-corrected chi connectivity index (χ1v) is 9.97. The predicted molar refractivity (Wildman–Crippen MR) is 117 cm³/mol. The molecule has 31 heavy (non-hydrogen) atoms. The second-order valence-corrected chi connectivity index (χ2v) is 8.20. The molecule has 0 atom stereocenters. The van der Waals surface area contributed by atoms with E-state index in [2.05, 4.69) is 10.3 Å². The molecule has 1 aromatic heterocycles. The molecule has 162 valence electrons. The lowest BCUT2D eigenvalue weighted by Gasteiger charge is -2.20. The number of aromatic nitrogens is 2. The van der Waals surface area contributed by atoms with E-state index in [0.717, 1.165) is 4.57 Å². The van der Waals surface area contributed by atoms with Gasteiger partial charge in [-0.25, -0.2) is 9.59 Å². The molecular formula is C23H25N3O5. The number of nitrogens with zero attached hydrogens (tertiary/aromatic N) is 1. The summed E-state index contributed by atoms with van der Waals surface area (Å²) in [5, 5.41) is 3.28. The summed E-state index contributed by atoms with van der Waals surface area (Å²) in [6.07, 6.45) is 0.305. The number of aromatic amines is 1. The average molecular weight is 423 g/mol. The fourth-order valence-electron chi connectivity index (χ4n) is 3.04. The summed E-state index contributed by atoms with van der Waals surface area (Å²) < 4.78 is 6.33. The molecule has 8 nitrogen and oxygen atoms in total. The predicted octanol–water partition coefficient (Wildman–Crippen LogP) is 2.47. The molecule has 0 saturated heterocycles. The van der Waals surface area contributed by atoms with Gasteiger partial charge in [-0.1, -0.05) is 12.1 Å². The smallest absolute Gasteiger partial charge is 0.338 e. The number of fused-ring (bicyclic) bond motifs is 1. The van der Waals surface area contributed by atoms with E-state index in [-0.39, 0.29) is 30.2 Å². The Kier molecular flexibility index (Phi) is 6.39. The van der Waals surface area contributed by atoms with Gasteiger partial charge in [-0.3, -0.25) is 14.2 Å². The van der Waals surface area contributed by atoms with E-state index < -0.39 is 11.7 Å². The second-order valence-electron chi connectivity index (χ2n) is 8.20. The largest absolute Gasteiger partial charge is 0.462 e. The third kappa shape index (κ3) is 5.48. The van der Waals surface area contributed by atoms with E-state index in [4.69, 9.17) is 4.74 Å². The number of hydrogen-bond acceptors (Lipinski definition) is 5. The second kappa shape index (κ2) is 8.99. The Morgan fingerprint density at radius 3 is 2.32 bits per heavy atom. The minimum absolute atomic E-state index is 0.0454. The molecule has 0 aliphatic rings. The van der Waals surface area contributed by atoms with E-state index in [1.807, 2.05) is 20.8 Å². The fourth-order valence-corrected chi connectivity index (χ4v) is 3.04. The van der Waals surface area contributed by atoms with Crippen molar-refractivity contribution in [2.24, 2.45) is 0 Å². The number of nitrogens with one attached hydrogen (secondary N) is 2. The first-order valence-electron chi connectivity index (χ1n) is 9.97. The number of esters is 1. The highest BCUT2D eigenvalue weighted by molar-refractivity contribution is 5.96. The third-order valence-electron chi connectivity index (χ3n) is 4.52. The van der Waals surface area contributed by atoms with E-state index in [1.54, 1.807) is 36.4 Å². The number of carbonyl (C=O) groups is 2. The van der Waals surface area contributed by atoms with Crippen molar-refractivity contribution in [3.05, 3.63) is 80.5 Å². The SMILES string of the molecule is CC(C)(C)NC(=O)c1ccc(C(=O)OCCCn2c(=O)[nH]c3ccccc3c2=O)cc1. The number of amides is 1. The molecule has 2 N–H and O–H groups in total. The van der Waals surface area contributed by atoms with Gasteiger partial charge in [-0.2, -0.15) is 0 Å². The van der Waals surface area contributed by atoms with Crippen LogP contribution in [0.5, 0.6) is 0 Å². The highest BCUT2D eigenvalue weighted by Crippen LogP contribution is 2.09. The number of hydrogen-bond donors (Lipinski definition) is 2. The van der Waals surface area contributed by atoms with Crippen molar-refractivity contribution >= 4 is 22.8 Å². The van der Waals surface area contributed by atoms with Gasteiger partial charge in [0.1, 0.15) is 0 Å². The molecule has 0 spiro atoms. The Bertz CT molecular complexity index is 1220. The van der Waals surface area contributed by atoms with Crippen LogP contribution in [0.4, 0.5) is 0 Å². The van der Waals surface area contributed by atoms with Crippen LogP contribution in [0.2, 0.25) is 0 Å². The number of benzene rings is 2. The van der Waals surface area contributed by atoms with Crippen LogP contribution < -0.4 is 16.6 Å². The maximum Gasteiger partial charge on any atom is 0.338 e. The number of ether oxygens (including phenoxy) is 1. The van der Waals surface area contributed by atoms with Crippen LogP contribution in [0.1, 0.15) is 47.9 Å². The molecule has 3 aromatic rings. The molecule has 0 bridgehead atoms. The molecule has 0 unspecified atom stereocenters. The van der Waals surface area contributed by atoms with Crippen molar-refractivity contribution in [1.82, 2.24) is 14.9 Å².